The lowest BCUT2D eigenvalue weighted by Gasteiger charge is -2.13. The maximum absolute atomic E-state index is 11.4. The number of hydrogen-bond donors (Lipinski definition) is 1. The lowest BCUT2D eigenvalue weighted by atomic mass is 9.92. The van der Waals surface area contributed by atoms with Crippen LogP contribution in [0.25, 0.3) is 0 Å². The van der Waals surface area contributed by atoms with Gasteiger partial charge >= 0.3 is 0 Å². The van der Waals surface area contributed by atoms with Gasteiger partial charge in [0, 0.05) is 5.92 Å². The van der Waals surface area contributed by atoms with E-state index in [2.05, 4.69) is 0 Å². The molecule has 4 heteroatoms. The van der Waals surface area contributed by atoms with Crippen LogP contribution in [0.3, 0.4) is 0 Å². The van der Waals surface area contributed by atoms with Gasteiger partial charge in [0.05, 0.1) is 10.0 Å². The predicted octanol–water partition coefficient (Wildman–Crippen LogP) is 3.01. The number of halogens is 2. The highest BCUT2D eigenvalue weighted by atomic mass is 35.5. The zero-order valence-corrected chi connectivity index (χ0v) is 9.98. The third kappa shape index (κ3) is 3.20. The molecule has 2 N–H and O–H groups in total. The van der Waals surface area contributed by atoms with E-state index >= 15 is 0 Å². The summed E-state index contributed by atoms with van der Waals surface area (Å²) in [5.74, 6) is -0.0800. The van der Waals surface area contributed by atoms with Crippen LogP contribution >= 0.6 is 23.2 Å². The van der Waals surface area contributed by atoms with E-state index in [0.717, 1.165) is 5.56 Å². The second-order valence-corrected chi connectivity index (χ2v) is 4.23. The van der Waals surface area contributed by atoms with Gasteiger partial charge in [-0.25, -0.2) is 0 Å². The second kappa shape index (κ2) is 5.50. The van der Waals surface area contributed by atoms with Crippen molar-refractivity contribution in [3.8, 4) is 0 Å². The molecule has 0 heterocycles. The number of carbonyl (C=O) groups is 1. The van der Waals surface area contributed by atoms with Gasteiger partial charge in [-0.2, -0.15) is 0 Å². The molecule has 82 valence electrons. The van der Waals surface area contributed by atoms with E-state index in [1.807, 2.05) is 6.07 Å². The molecule has 2 nitrogen and oxygen atoms in total. The Morgan fingerprint density at radius 2 is 2.07 bits per heavy atom. The Labute approximate surface area is 99.4 Å². The number of rotatable bonds is 4. The van der Waals surface area contributed by atoms with Crippen LogP contribution in [0.1, 0.15) is 24.8 Å². The molecule has 0 amide bonds. The second-order valence-electron chi connectivity index (χ2n) is 3.41. The van der Waals surface area contributed by atoms with Gasteiger partial charge < -0.3 is 5.73 Å². The van der Waals surface area contributed by atoms with Gasteiger partial charge in [-0.05, 0) is 37.6 Å². The molecule has 1 aromatic carbocycles. The van der Waals surface area contributed by atoms with Crippen LogP contribution in [-0.2, 0) is 4.79 Å². The lowest BCUT2D eigenvalue weighted by Crippen LogP contribution is -2.14. The summed E-state index contributed by atoms with van der Waals surface area (Å²) in [5, 5.41) is 0.966. The zero-order valence-electron chi connectivity index (χ0n) is 8.47. The number of nitrogens with two attached hydrogens (primary N) is 1. The number of benzene rings is 1. The van der Waals surface area contributed by atoms with Crippen molar-refractivity contribution in [1.82, 2.24) is 0 Å². The molecule has 0 radical (unpaired) electrons. The average molecular weight is 246 g/mol. The highest BCUT2D eigenvalue weighted by Gasteiger charge is 2.16. The number of carbonyl (C=O) groups excluding carboxylic acids is 1. The van der Waals surface area contributed by atoms with E-state index < -0.39 is 0 Å². The van der Waals surface area contributed by atoms with Gasteiger partial charge in [0.1, 0.15) is 5.78 Å². The Morgan fingerprint density at radius 1 is 1.40 bits per heavy atom. The van der Waals surface area contributed by atoms with Crippen LogP contribution in [0.5, 0.6) is 0 Å². The fourth-order valence-corrected chi connectivity index (χ4v) is 1.81. The van der Waals surface area contributed by atoms with Gasteiger partial charge in [0.2, 0.25) is 0 Å². The first-order valence-corrected chi connectivity index (χ1v) is 5.47. The molecule has 1 rings (SSSR count). The predicted molar refractivity (Wildman–Crippen MR) is 63.6 cm³/mol. The normalized spacial score (nSPS) is 12.5. The van der Waals surface area contributed by atoms with E-state index in [1.165, 1.54) is 0 Å². The maximum atomic E-state index is 11.4. The lowest BCUT2D eigenvalue weighted by molar-refractivity contribution is -0.118. The molecule has 0 saturated heterocycles. The number of hydrogen-bond acceptors (Lipinski definition) is 2. The standard InChI is InChI=1S/C11H13Cl2NO/c1-7(15)9(4-5-14)8-2-3-10(12)11(13)6-8/h2-3,6,9H,4-5,14H2,1H3. The van der Waals surface area contributed by atoms with E-state index in [-0.39, 0.29) is 11.7 Å². The summed E-state index contributed by atoms with van der Waals surface area (Å²) in [6.45, 7) is 2.04. The monoisotopic (exact) mass is 245 g/mol. The minimum atomic E-state index is -0.176. The van der Waals surface area contributed by atoms with Gasteiger partial charge in [-0.15, -0.1) is 0 Å². The number of ketones is 1. The topological polar surface area (TPSA) is 43.1 Å². The Balaban J connectivity index is 3.01. The molecule has 1 aromatic rings. The summed E-state index contributed by atoms with van der Waals surface area (Å²) in [5.41, 5.74) is 6.34. The molecule has 0 bridgehead atoms. The maximum Gasteiger partial charge on any atom is 0.137 e. The SMILES string of the molecule is CC(=O)C(CCN)c1ccc(Cl)c(Cl)c1. The summed E-state index contributed by atoms with van der Waals surface area (Å²) >= 11 is 11.7. The van der Waals surface area contributed by atoms with Gasteiger partial charge in [0.15, 0.2) is 0 Å². The molecule has 0 aliphatic rings. The van der Waals surface area contributed by atoms with Crippen molar-refractivity contribution < 1.29 is 4.79 Å². The van der Waals surface area contributed by atoms with E-state index in [0.29, 0.717) is 23.0 Å². The van der Waals surface area contributed by atoms with Crippen molar-refractivity contribution in [3.63, 3.8) is 0 Å². The molecule has 0 aromatic heterocycles. The molecular formula is C11H13Cl2NO. The molecular weight excluding hydrogens is 233 g/mol. The average Bonchev–Trinajstić information content (AvgIpc) is 2.18. The van der Waals surface area contributed by atoms with Crippen LogP contribution in [-0.4, -0.2) is 12.3 Å². The van der Waals surface area contributed by atoms with Crippen molar-refractivity contribution in [2.24, 2.45) is 5.73 Å². The highest BCUT2D eigenvalue weighted by Crippen LogP contribution is 2.28. The van der Waals surface area contributed by atoms with Gasteiger partial charge in [-0.1, -0.05) is 29.3 Å². The van der Waals surface area contributed by atoms with E-state index in [9.17, 15) is 4.79 Å². The van der Waals surface area contributed by atoms with Crippen molar-refractivity contribution in [3.05, 3.63) is 33.8 Å². The van der Waals surface area contributed by atoms with Crippen molar-refractivity contribution in [2.75, 3.05) is 6.54 Å². The van der Waals surface area contributed by atoms with E-state index in [1.54, 1.807) is 19.1 Å². The molecule has 0 fully saturated rings. The number of Topliss-reactive ketones (excluding diaryl/α,β-unsaturated/α-hetero) is 1. The third-order valence-electron chi connectivity index (χ3n) is 2.29. The molecule has 15 heavy (non-hydrogen) atoms. The molecule has 1 atom stereocenters. The smallest absolute Gasteiger partial charge is 0.137 e. The van der Waals surface area contributed by atoms with Crippen LogP contribution in [0, 0.1) is 0 Å². The Morgan fingerprint density at radius 3 is 2.53 bits per heavy atom. The van der Waals surface area contributed by atoms with Gasteiger partial charge in [-0.3, -0.25) is 4.79 Å². The summed E-state index contributed by atoms with van der Waals surface area (Å²) in [4.78, 5) is 11.4. The minimum absolute atomic E-state index is 0.0961. The summed E-state index contributed by atoms with van der Waals surface area (Å²) < 4.78 is 0. The van der Waals surface area contributed by atoms with Crippen molar-refractivity contribution >= 4 is 29.0 Å². The van der Waals surface area contributed by atoms with Crippen LogP contribution < -0.4 is 5.73 Å². The summed E-state index contributed by atoms with van der Waals surface area (Å²) in [6.07, 6.45) is 0.632. The highest BCUT2D eigenvalue weighted by molar-refractivity contribution is 6.42. The molecule has 0 aliphatic heterocycles. The first kappa shape index (κ1) is 12.5. The van der Waals surface area contributed by atoms with Gasteiger partial charge in [0.25, 0.3) is 0 Å². The first-order valence-electron chi connectivity index (χ1n) is 4.71. The van der Waals surface area contributed by atoms with Crippen LogP contribution in [0.15, 0.2) is 18.2 Å². The fourth-order valence-electron chi connectivity index (χ4n) is 1.50. The Kier molecular flexibility index (Phi) is 4.58. The zero-order chi connectivity index (χ0) is 11.4. The van der Waals surface area contributed by atoms with Crippen molar-refractivity contribution in [2.45, 2.75) is 19.3 Å². The third-order valence-corrected chi connectivity index (χ3v) is 3.03. The summed E-state index contributed by atoms with van der Waals surface area (Å²) in [6, 6.07) is 5.24. The largest absolute Gasteiger partial charge is 0.330 e. The Hall–Kier alpha value is -0.570. The van der Waals surface area contributed by atoms with Crippen LogP contribution in [0.4, 0.5) is 0 Å². The minimum Gasteiger partial charge on any atom is -0.330 e. The fraction of sp³-hybridized carbons (Fsp3) is 0.364. The molecule has 0 spiro atoms. The first-order chi connectivity index (χ1) is 7.06. The van der Waals surface area contributed by atoms with E-state index in [4.69, 9.17) is 28.9 Å². The quantitative estimate of drug-likeness (QED) is 0.887. The van der Waals surface area contributed by atoms with Crippen molar-refractivity contribution in [1.29, 1.82) is 0 Å². The molecule has 1 unspecified atom stereocenters. The molecule has 0 saturated carbocycles. The van der Waals surface area contributed by atoms with Crippen LogP contribution in [0.2, 0.25) is 10.0 Å². The molecule has 0 aliphatic carbocycles. The summed E-state index contributed by atoms with van der Waals surface area (Å²) in [7, 11) is 0. The Bertz CT molecular complexity index is 366.